The van der Waals surface area contributed by atoms with Crippen molar-refractivity contribution >= 4 is 63.3 Å². The van der Waals surface area contributed by atoms with E-state index in [-0.39, 0.29) is 5.54 Å². The predicted molar refractivity (Wildman–Crippen MR) is 157 cm³/mol. The number of hydrogen-bond donors (Lipinski definition) is 2. The first-order chi connectivity index (χ1) is 17.7. The van der Waals surface area contributed by atoms with E-state index in [0.717, 1.165) is 50.9 Å². The second kappa shape index (κ2) is 10.1. The highest BCUT2D eigenvalue weighted by Gasteiger charge is 2.33. The van der Waals surface area contributed by atoms with Crippen LogP contribution < -0.4 is 20.7 Å². The van der Waals surface area contributed by atoms with Gasteiger partial charge in [-0.05, 0) is 92.0 Å². The lowest BCUT2D eigenvalue weighted by molar-refractivity contribution is 0.143. The molecule has 0 atom stereocenters. The molecule has 5 rings (SSSR count). The standard InChI is InChI=1S/C27H31BrN7OP/c1-27(2)17-14-22(36-4)21(13-16(17)9-12-35(27)3)33-26-31-15-18(28)25(34-26)32-20-8-7-19-23(24(20)37(5)6)30-11-10-29-19/h7-8,10-11,13-15H,9,12H2,1-6H3,(H2,31,32,33,34). The maximum absolute atomic E-state index is 5.77. The van der Waals surface area contributed by atoms with Gasteiger partial charge in [0, 0.05) is 41.7 Å². The Morgan fingerprint density at radius 1 is 1.05 bits per heavy atom. The van der Waals surface area contributed by atoms with Crippen molar-refractivity contribution in [2.75, 3.05) is 44.7 Å². The Morgan fingerprint density at radius 3 is 2.59 bits per heavy atom. The van der Waals surface area contributed by atoms with E-state index in [1.54, 1.807) is 25.7 Å². The molecule has 1 aliphatic heterocycles. The van der Waals surface area contributed by atoms with E-state index in [1.165, 1.54) is 11.1 Å². The highest BCUT2D eigenvalue weighted by Crippen LogP contribution is 2.40. The van der Waals surface area contributed by atoms with Crippen LogP contribution in [0.3, 0.4) is 0 Å². The van der Waals surface area contributed by atoms with E-state index in [9.17, 15) is 0 Å². The lowest BCUT2D eigenvalue weighted by Gasteiger charge is -2.42. The van der Waals surface area contributed by atoms with Crippen LogP contribution in [-0.2, 0) is 12.0 Å². The molecule has 0 spiro atoms. The quantitative estimate of drug-likeness (QED) is 0.278. The van der Waals surface area contributed by atoms with Crippen LogP contribution in [0.2, 0.25) is 0 Å². The summed E-state index contributed by atoms with van der Waals surface area (Å²) in [5, 5.41) is 8.06. The summed E-state index contributed by atoms with van der Waals surface area (Å²) in [6, 6.07) is 8.33. The fourth-order valence-corrected chi connectivity index (χ4v) is 6.28. The SMILES string of the molecule is COc1cc2c(cc1Nc1ncc(Br)c(Nc3ccc4nccnc4c3P(C)C)n1)CCN(C)C2(C)C. The zero-order valence-corrected chi connectivity index (χ0v) is 24.4. The zero-order chi connectivity index (χ0) is 26.3. The van der Waals surface area contributed by atoms with Crippen molar-refractivity contribution in [1.29, 1.82) is 0 Å². The molecular weight excluding hydrogens is 549 g/mol. The number of likely N-dealkylation sites (N-methyl/N-ethyl adjacent to an activating group) is 1. The second-order valence-corrected chi connectivity index (χ2v) is 13.0. The highest BCUT2D eigenvalue weighted by molar-refractivity contribution is 9.10. The summed E-state index contributed by atoms with van der Waals surface area (Å²) < 4.78 is 6.54. The molecule has 0 saturated heterocycles. The van der Waals surface area contributed by atoms with Crippen LogP contribution >= 0.6 is 23.9 Å². The fraction of sp³-hybridized carbons (Fsp3) is 0.333. The number of nitrogens with one attached hydrogen (secondary N) is 2. The molecular formula is C27H31BrN7OP. The molecule has 0 radical (unpaired) electrons. The van der Waals surface area contributed by atoms with E-state index >= 15 is 0 Å². The summed E-state index contributed by atoms with van der Waals surface area (Å²) in [5.74, 6) is 1.91. The molecule has 8 nitrogen and oxygen atoms in total. The number of ether oxygens (including phenoxy) is 1. The average molecular weight is 580 g/mol. The number of aromatic nitrogens is 4. The van der Waals surface area contributed by atoms with Crippen molar-refractivity contribution in [1.82, 2.24) is 24.8 Å². The highest BCUT2D eigenvalue weighted by atomic mass is 79.9. The minimum absolute atomic E-state index is 0.0650. The summed E-state index contributed by atoms with van der Waals surface area (Å²) in [4.78, 5) is 20.8. The maximum Gasteiger partial charge on any atom is 0.229 e. The zero-order valence-electron chi connectivity index (χ0n) is 21.9. The van der Waals surface area contributed by atoms with E-state index in [0.29, 0.717) is 11.8 Å². The average Bonchev–Trinajstić information content (AvgIpc) is 2.88. The predicted octanol–water partition coefficient (Wildman–Crippen LogP) is 5.77. The molecule has 10 heteroatoms. The summed E-state index contributed by atoms with van der Waals surface area (Å²) in [6.07, 6.45) is 6.19. The Balaban J connectivity index is 1.49. The largest absolute Gasteiger partial charge is 0.495 e. The minimum atomic E-state index is -0.452. The van der Waals surface area contributed by atoms with Gasteiger partial charge in [0.2, 0.25) is 5.95 Å². The van der Waals surface area contributed by atoms with Gasteiger partial charge in [-0.25, -0.2) is 4.98 Å². The molecule has 0 bridgehead atoms. The number of nitrogens with zero attached hydrogens (tertiary/aromatic N) is 5. The lowest BCUT2D eigenvalue weighted by Crippen LogP contribution is -2.44. The number of hydrogen-bond acceptors (Lipinski definition) is 8. The third-order valence-corrected chi connectivity index (χ3v) is 8.99. The van der Waals surface area contributed by atoms with Gasteiger partial charge in [0.25, 0.3) is 0 Å². The fourth-order valence-electron chi connectivity index (χ4n) is 4.78. The van der Waals surface area contributed by atoms with Crippen molar-refractivity contribution in [3.05, 3.63) is 58.5 Å². The molecule has 0 amide bonds. The number of fused-ring (bicyclic) bond motifs is 2. The molecule has 0 fully saturated rings. The van der Waals surface area contributed by atoms with Gasteiger partial charge in [-0.2, -0.15) is 4.98 Å². The van der Waals surface area contributed by atoms with Crippen LogP contribution in [0, 0.1) is 0 Å². The van der Waals surface area contributed by atoms with Crippen molar-refractivity contribution in [3.63, 3.8) is 0 Å². The monoisotopic (exact) mass is 579 g/mol. The van der Waals surface area contributed by atoms with Crippen LogP contribution in [0.1, 0.15) is 25.0 Å². The van der Waals surface area contributed by atoms with Crippen molar-refractivity contribution < 1.29 is 4.74 Å². The number of anilines is 4. The summed E-state index contributed by atoms with van der Waals surface area (Å²) in [5.41, 5.74) is 6.14. The molecule has 3 heterocycles. The van der Waals surface area contributed by atoms with Gasteiger partial charge >= 0.3 is 0 Å². The van der Waals surface area contributed by atoms with Gasteiger partial charge < -0.3 is 15.4 Å². The lowest BCUT2D eigenvalue weighted by atomic mass is 9.83. The number of rotatable bonds is 6. The second-order valence-electron chi connectivity index (χ2n) is 9.86. The van der Waals surface area contributed by atoms with Gasteiger partial charge in [-0.1, -0.05) is 7.92 Å². The Hall–Kier alpha value is -2.87. The molecule has 37 heavy (non-hydrogen) atoms. The van der Waals surface area contributed by atoms with E-state index < -0.39 is 7.92 Å². The normalized spacial score (nSPS) is 15.0. The van der Waals surface area contributed by atoms with Crippen LogP contribution in [0.25, 0.3) is 11.0 Å². The van der Waals surface area contributed by atoms with E-state index in [4.69, 9.17) is 9.72 Å². The first-order valence-corrected chi connectivity index (χ1v) is 15.1. The van der Waals surface area contributed by atoms with Crippen LogP contribution in [0.15, 0.2) is 47.3 Å². The van der Waals surface area contributed by atoms with Crippen molar-refractivity contribution in [3.8, 4) is 5.75 Å². The van der Waals surface area contributed by atoms with Crippen LogP contribution in [0.5, 0.6) is 5.75 Å². The van der Waals surface area contributed by atoms with E-state index in [2.05, 4.69) is 92.8 Å². The summed E-state index contributed by atoms with van der Waals surface area (Å²) >= 11 is 3.61. The van der Waals surface area contributed by atoms with Crippen molar-refractivity contribution in [2.45, 2.75) is 25.8 Å². The Morgan fingerprint density at radius 2 is 1.84 bits per heavy atom. The van der Waals surface area contributed by atoms with Gasteiger partial charge in [-0.15, -0.1) is 0 Å². The van der Waals surface area contributed by atoms with Crippen LogP contribution in [-0.4, -0.2) is 58.9 Å². The molecule has 1 aliphatic rings. The number of halogens is 1. The minimum Gasteiger partial charge on any atom is -0.495 e. The molecule has 0 aliphatic carbocycles. The number of benzene rings is 2. The Kier molecular flexibility index (Phi) is 7.05. The van der Waals surface area contributed by atoms with E-state index in [1.807, 2.05) is 12.1 Å². The van der Waals surface area contributed by atoms with Crippen LogP contribution in [0.4, 0.5) is 23.1 Å². The Labute approximate surface area is 227 Å². The van der Waals surface area contributed by atoms with Gasteiger partial charge in [0.05, 0.1) is 28.3 Å². The maximum atomic E-state index is 5.77. The van der Waals surface area contributed by atoms with Gasteiger partial charge in [0.15, 0.2) is 0 Å². The molecule has 2 aromatic heterocycles. The first-order valence-electron chi connectivity index (χ1n) is 12.1. The molecule has 0 unspecified atom stereocenters. The third kappa shape index (κ3) is 4.88. The first kappa shape index (κ1) is 25.8. The molecule has 192 valence electrons. The molecule has 4 aromatic rings. The summed E-state index contributed by atoms with van der Waals surface area (Å²) in [6.45, 7) is 9.93. The summed E-state index contributed by atoms with van der Waals surface area (Å²) in [7, 11) is 3.41. The molecule has 2 N–H and O–H groups in total. The van der Waals surface area contributed by atoms with Gasteiger partial charge in [0.1, 0.15) is 11.6 Å². The van der Waals surface area contributed by atoms with Gasteiger partial charge in [-0.3, -0.25) is 14.9 Å². The molecule has 0 saturated carbocycles. The molecule has 2 aromatic carbocycles. The third-order valence-electron chi connectivity index (χ3n) is 7.06. The topological polar surface area (TPSA) is 88.1 Å². The number of methoxy groups -OCH3 is 1. The Bertz CT molecular complexity index is 1480. The smallest absolute Gasteiger partial charge is 0.229 e. The van der Waals surface area contributed by atoms with Crippen molar-refractivity contribution in [2.24, 2.45) is 0 Å².